The molecule has 10 heteroatoms. The van der Waals surface area contributed by atoms with Crippen LogP contribution in [0.1, 0.15) is 21.5 Å². The number of rotatable bonds is 4. The zero-order chi connectivity index (χ0) is 20.0. The summed E-state index contributed by atoms with van der Waals surface area (Å²) < 4.78 is 2.89. The summed E-state index contributed by atoms with van der Waals surface area (Å²) in [4.78, 5) is 51.8. The normalized spacial score (nSPS) is 11.1. The highest BCUT2D eigenvalue weighted by molar-refractivity contribution is 5.98. The van der Waals surface area contributed by atoms with Crippen molar-refractivity contribution in [3.8, 4) is 0 Å². The summed E-state index contributed by atoms with van der Waals surface area (Å²) in [5.41, 5.74) is 0.294. The number of nitro groups is 1. The number of hydrogen-bond donors (Lipinski definition) is 0. The van der Waals surface area contributed by atoms with Crippen molar-refractivity contribution in [3.05, 3.63) is 65.8 Å². The van der Waals surface area contributed by atoms with Gasteiger partial charge in [-0.1, -0.05) is 22.7 Å². The van der Waals surface area contributed by atoms with Crippen molar-refractivity contribution in [2.45, 2.75) is 20.4 Å². The number of imidazole rings is 1. The Hall–Kier alpha value is -3.56. The molecule has 0 unspecified atom stereocenters. The third-order valence-corrected chi connectivity index (χ3v) is 4.48. The molecule has 0 bridgehead atoms. The van der Waals surface area contributed by atoms with Gasteiger partial charge in [0.15, 0.2) is 5.78 Å². The second kappa shape index (κ2) is 6.31. The molecule has 3 rings (SSSR count). The molecule has 0 amide bonds. The standard InChI is InChI=1S/C17H17N5O5/c1-9-5-6-10(2)11(7-9)12(23)8-21-14-13(18-16(21)22(26)27)15(24)20(4)17(25)19(14)3/h5-7H,8H2,1-4H3. The number of fused-ring (bicyclic) bond motifs is 1. The SMILES string of the molecule is Cc1ccc(C)c(C(=O)Cn2c([N+](=O)[O-])nc3c(=O)n(C)c(=O)n(C)c32)c1. The minimum atomic E-state index is -0.777. The van der Waals surface area contributed by atoms with Crippen LogP contribution in [0.2, 0.25) is 0 Å². The molecular weight excluding hydrogens is 354 g/mol. The first-order valence-corrected chi connectivity index (χ1v) is 8.04. The molecule has 0 spiro atoms. The van der Waals surface area contributed by atoms with E-state index in [-0.39, 0.29) is 16.9 Å². The van der Waals surface area contributed by atoms with E-state index in [1.165, 1.54) is 14.1 Å². The Morgan fingerprint density at radius 1 is 1.19 bits per heavy atom. The zero-order valence-corrected chi connectivity index (χ0v) is 15.2. The van der Waals surface area contributed by atoms with E-state index in [1.54, 1.807) is 19.1 Å². The van der Waals surface area contributed by atoms with Gasteiger partial charge < -0.3 is 10.1 Å². The number of aromatic nitrogens is 4. The number of hydrogen-bond acceptors (Lipinski definition) is 6. The van der Waals surface area contributed by atoms with Crippen LogP contribution < -0.4 is 11.2 Å². The van der Waals surface area contributed by atoms with Gasteiger partial charge in [0.2, 0.25) is 5.65 Å². The van der Waals surface area contributed by atoms with E-state index in [0.717, 1.165) is 24.8 Å². The Balaban J connectivity index is 2.27. The predicted octanol–water partition coefficient (Wildman–Crippen LogP) is 0.842. The van der Waals surface area contributed by atoms with Crippen molar-refractivity contribution in [2.24, 2.45) is 14.1 Å². The van der Waals surface area contributed by atoms with Gasteiger partial charge in [0, 0.05) is 19.7 Å². The lowest BCUT2D eigenvalue weighted by molar-refractivity contribution is -0.396. The number of ketones is 1. The molecule has 0 N–H and O–H groups in total. The summed E-state index contributed by atoms with van der Waals surface area (Å²) >= 11 is 0. The molecular formula is C17H17N5O5. The van der Waals surface area contributed by atoms with E-state index in [1.807, 2.05) is 13.0 Å². The van der Waals surface area contributed by atoms with Crippen molar-refractivity contribution in [1.82, 2.24) is 18.7 Å². The Kier molecular flexibility index (Phi) is 4.26. The molecule has 0 radical (unpaired) electrons. The fourth-order valence-electron chi connectivity index (χ4n) is 3.03. The van der Waals surface area contributed by atoms with Gasteiger partial charge in [-0.25, -0.2) is 4.79 Å². The van der Waals surface area contributed by atoms with E-state index in [9.17, 15) is 24.5 Å². The highest BCUT2D eigenvalue weighted by Gasteiger charge is 2.29. The molecule has 0 saturated heterocycles. The Labute approximate surface area is 152 Å². The lowest BCUT2D eigenvalue weighted by Gasteiger charge is -2.08. The average molecular weight is 371 g/mol. The van der Waals surface area contributed by atoms with Gasteiger partial charge in [-0.15, -0.1) is 0 Å². The smallest absolute Gasteiger partial charge is 0.390 e. The van der Waals surface area contributed by atoms with Crippen LogP contribution in [-0.4, -0.2) is 29.4 Å². The van der Waals surface area contributed by atoms with Crippen LogP contribution in [0.4, 0.5) is 5.95 Å². The van der Waals surface area contributed by atoms with Gasteiger partial charge in [0.25, 0.3) is 5.52 Å². The second-order valence-corrected chi connectivity index (χ2v) is 6.37. The monoisotopic (exact) mass is 371 g/mol. The quantitative estimate of drug-likeness (QED) is 0.380. The second-order valence-electron chi connectivity index (χ2n) is 6.37. The Morgan fingerprint density at radius 3 is 2.48 bits per heavy atom. The van der Waals surface area contributed by atoms with Crippen LogP contribution in [0.15, 0.2) is 27.8 Å². The van der Waals surface area contributed by atoms with E-state index < -0.39 is 28.7 Å². The van der Waals surface area contributed by atoms with Gasteiger partial charge in [0.05, 0.1) is 0 Å². The van der Waals surface area contributed by atoms with Gasteiger partial charge >= 0.3 is 17.2 Å². The number of carbonyl (C=O) groups excluding carboxylic acids is 1. The summed E-state index contributed by atoms with van der Waals surface area (Å²) in [6.45, 7) is 3.18. The van der Waals surface area contributed by atoms with Crippen molar-refractivity contribution in [3.63, 3.8) is 0 Å². The first-order chi connectivity index (χ1) is 12.6. The van der Waals surface area contributed by atoms with Gasteiger partial charge in [0.1, 0.15) is 6.54 Å². The summed E-state index contributed by atoms with van der Waals surface area (Å²) in [5.74, 6) is -1.05. The van der Waals surface area contributed by atoms with Gasteiger partial charge in [-0.2, -0.15) is 4.57 Å². The lowest BCUT2D eigenvalue weighted by Crippen LogP contribution is -2.37. The number of aryl methyl sites for hydroxylation is 3. The van der Waals surface area contributed by atoms with Crippen LogP contribution in [0, 0.1) is 24.0 Å². The molecule has 0 aliphatic heterocycles. The van der Waals surface area contributed by atoms with E-state index in [0.29, 0.717) is 5.56 Å². The molecule has 0 fully saturated rings. The largest absolute Gasteiger partial charge is 0.437 e. The van der Waals surface area contributed by atoms with E-state index >= 15 is 0 Å². The maximum Gasteiger partial charge on any atom is 0.437 e. The molecule has 10 nitrogen and oxygen atoms in total. The van der Waals surface area contributed by atoms with Crippen LogP contribution in [0.3, 0.4) is 0 Å². The van der Waals surface area contributed by atoms with Crippen molar-refractivity contribution in [1.29, 1.82) is 0 Å². The molecule has 2 aromatic heterocycles. The molecule has 3 aromatic rings. The zero-order valence-electron chi connectivity index (χ0n) is 15.2. The number of carbonyl (C=O) groups is 1. The summed E-state index contributed by atoms with van der Waals surface area (Å²) in [5, 5.41) is 11.4. The summed E-state index contributed by atoms with van der Waals surface area (Å²) in [6, 6.07) is 5.34. The van der Waals surface area contributed by atoms with Crippen LogP contribution in [0.25, 0.3) is 11.2 Å². The summed E-state index contributed by atoms with van der Waals surface area (Å²) in [7, 11) is 2.63. The Morgan fingerprint density at radius 2 is 1.85 bits per heavy atom. The molecule has 1 aromatic carbocycles. The highest BCUT2D eigenvalue weighted by atomic mass is 16.6. The van der Waals surface area contributed by atoms with E-state index in [4.69, 9.17) is 0 Å². The van der Waals surface area contributed by atoms with Crippen molar-refractivity contribution < 1.29 is 9.72 Å². The molecule has 0 atom stereocenters. The number of benzene rings is 1. The van der Waals surface area contributed by atoms with E-state index in [2.05, 4.69) is 4.98 Å². The van der Waals surface area contributed by atoms with Crippen LogP contribution in [-0.2, 0) is 20.6 Å². The number of Topliss-reactive ketones (excluding diaryl/α,β-unsaturated/α-hetero) is 1. The van der Waals surface area contributed by atoms with Crippen molar-refractivity contribution in [2.75, 3.05) is 0 Å². The lowest BCUT2D eigenvalue weighted by atomic mass is 10.0. The maximum atomic E-state index is 12.8. The molecule has 0 aliphatic carbocycles. The highest BCUT2D eigenvalue weighted by Crippen LogP contribution is 2.20. The maximum absolute atomic E-state index is 12.8. The third-order valence-electron chi connectivity index (χ3n) is 4.48. The predicted molar refractivity (Wildman–Crippen MR) is 97.1 cm³/mol. The minimum Gasteiger partial charge on any atom is -0.390 e. The molecule has 0 saturated carbocycles. The topological polar surface area (TPSA) is 122 Å². The van der Waals surface area contributed by atoms with Crippen molar-refractivity contribution >= 4 is 22.9 Å². The molecule has 140 valence electrons. The molecule has 0 aliphatic rings. The summed E-state index contributed by atoms with van der Waals surface area (Å²) in [6.07, 6.45) is 0. The third kappa shape index (κ3) is 2.84. The Bertz CT molecular complexity index is 1230. The fourth-order valence-corrected chi connectivity index (χ4v) is 3.03. The van der Waals surface area contributed by atoms with Crippen LogP contribution >= 0.6 is 0 Å². The van der Waals surface area contributed by atoms with Gasteiger partial charge in [-0.05, 0) is 30.4 Å². The fraction of sp³-hybridized carbons (Fsp3) is 0.294. The van der Waals surface area contributed by atoms with Gasteiger partial charge in [-0.3, -0.25) is 18.7 Å². The average Bonchev–Trinajstić information content (AvgIpc) is 2.99. The first-order valence-electron chi connectivity index (χ1n) is 8.04. The minimum absolute atomic E-state index is 0.0616. The van der Waals surface area contributed by atoms with Crippen LogP contribution in [0.5, 0.6) is 0 Å². The first kappa shape index (κ1) is 18.2. The molecule has 2 heterocycles. The number of nitrogens with zero attached hydrogens (tertiary/aromatic N) is 5. The molecule has 27 heavy (non-hydrogen) atoms.